The van der Waals surface area contributed by atoms with Gasteiger partial charge in [0.2, 0.25) is 0 Å². The molecule has 1 aliphatic heterocycles. The van der Waals surface area contributed by atoms with Gasteiger partial charge >= 0.3 is 0 Å². The summed E-state index contributed by atoms with van der Waals surface area (Å²) in [4.78, 5) is 14.3. The third kappa shape index (κ3) is 4.27. The van der Waals surface area contributed by atoms with Crippen LogP contribution in [0.3, 0.4) is 0 Å². The van der Waals surface area contributed by atoms with Crippen LogP contribution in [0.4, 0.5) is 24.5 Å². The fourth-order valence-corrected chi connectivity index (χ4v) is 4.59. The number of benzene rings is 3. The van der Waals surface area contributed by atoms with Crippen molar-refractivity contribution in [3.8, 4) is 0 Å². The van der Waals surface area contributed by atoms with Gasteiger partial charge in [0.25, 0.3) is 15.9 Å². The molecule has 1 aliphatic rings. The van der Waals surface area contributed by atoms with E-state index in [0.29, 0.717) is 42.3 Å². The molecular weight excluding hydrogens is 429 g/mol. The number of nitrogens with one attached hydrogen (secondary N) is 1. The molecule has 0 bridgehead atoms. The molecule has 4 rings (SSSR count). The number of halogens is 3. The van der Waals surface area contributed by atoms with E-state index >= 15 is 0 Å². The highest BCUT2D eigenvalue weighted by Crippen LogP contribution is 2.31. The van der Waals surface area contributed by atoms with Gasteiger partial charge in [-0.2, -0.15) is 0 Å². The number of rotatable bonds is 4. The second-order valence-corrected chi connectivity index (χ2v) is 8.77. The van der Waals surface area contributed by atoms with Crippen LogP contribution in [0.5, 0.6) is 0 Å². The predicted octanol–water partition coefficient (Wildman–Crippen LogP) is 4.50. The topological polar surface area (TPSA) is 66.5 Å². The molecule has 0 saturated carbocycles. The smallest absolute Gasteiger partial charge is 0.261 e. The first-order chi connectivity index (χ1) is 14.7. The summed E-state index contributed by atoms with van der Waals surface area (Å²) in [5, 5.41) is 0. The number of carbonyl (C=O) groups is 1. The van der Waals surface area contributed by atoms with Gasteiger partial charge in [-0.25, -0.2) is 21.6 Å². The van der Waals surface area contributed by atoms with Gasteiger partial charge in [0.15, 0.2) is 0 Å². The van der Waals surface area contributed by atoms with Crippen molar-refractivity contribution >= 4 is 27.3 Å². The molecule has 1 N–H and O–H groups in total. The molecule has 0 aliphatic carbocycles. The summed E-state index contributed by atoms with van der Waals surface area (Å²) >= 11 is 0. The lowest BCUT2D eigenvalue weighted by molar-refractivity contribution is 0.0985. The molecule has 5 nitrogen and oxygen atoms in total. The van der Waals surface area contributed by atoms with Crippen molar-refractivity contribution in [2.24, 2.45) is 0 Å². The highest BCUT2D eigenvalue weighted by atomic mass is 32.2. The van der Waals surface area contributed by atoms with E-state index in [2.05, 4.69) is 4.72 Å². The molecule has 0 aromatic heterocycles. The van der Waals surface area contributed by atoms with E-state index < -0.39 is 27.5 Å². The monoisotopic (exact) mass is 446 g/mol. The molecule has 3 aromatic carbocycles. The summed E-state index contributed by atoms with van der Waals surface area (Å²) in [5.74, 6) is -2.61. The molecule has 0 radical (unpaired) electrons. The van der Waals surface area contributed by atoms with E-state index in [1.54, 1.807) is 0 Å². The van der Waals surface area contributed by atoms with Crippen LogP contribution in [-0.4, -0.2) is 20.9 Å². The van der Waals surface area contributed by atoms with Gasteiger partial charge in [0.05, 0.1) is 10.6 Å². The quantitative estimate of drug-likeness (QED) is 0.642. The summed E-state index contributed by atoms with van der Waals surface area (Å²) in [6.07, 6.45) is 1.17. The second kappa shape index (κ2) is 8.07. The third-order valence-corrected chi connectivity index (χ3v) is 6.35. The van der Waals surface area contributed by atoms with Crippen molar-refractivity contribution in [3.05, 3.63) is 89.2 Å². The molecule has 0 saturated heterocycles. The van der Waals surface area contributed by atoms with Gasteiger partial charge in [-0.1, -0.05) is 0 Å². The molecule has 0 atom stereocenters. The van der Waals surface area contributed by atoms with Gasteiger partial charge in [-0.3, -0.25) is 9.52 Å². The average molecular weight is 446 g/mol. The largest absolute Gasteiger partial charge is 0.308 e. The second-order valence-electron chi connectivity index (χ2n) is 7.09. The highest BCUT2D eigenvalue weighted by Gasteiger charge is 2.26. The summed E-state index contributed by atoms with van der Waals surface area (Å²) < 4.78 is 67.6. The van der Waals surface area contributed by atoms with Crippen LogP contribution in [0.1, 0.15) is 22.3 Å². The van der Waals surface area contributed by atoms with Gasteiger partial charge in [-0.05, 0) is 73.0 Å². The Balaban J connectivity index is 1.63. The van der Waals surface area contributed by atoms with Gasteiger partial charge in [0.1, 0.15) is 17.5 Å². The minimum atomic E-state index is -4.13. The molecule has 3 aromatic rings. The number of anilines is 2. The molecule has 9 heteroatoms. The first-order valence-electron chi connectivity index (χ1n) is 9.43. The Morgan fingerprint density at radius 1 is 0.903 bits per heavy atom. The number of carbonyl (C=O) groups excluding carboxylic acids is 1. The third-order valence-electron chi connectivity index (χ3n) is 4.99. The van der Waals surface area contributed by atoms with E-state index in [0.717, 1.165) is 12.1 Å². The van der Waals surface area contributed by atoms with Crippen molar-refractivity contribution in [1.82, 2.24) is 0 Å². The summed E-state index contributed by atoms with van der Waals surface area (Å²) in [5.41, 5.74) is 1.16. The van der Waals surface area contributed by atoms with Crippen LogP contribution >= 0.6 is 0 Å². The number of hydrogen-bond acceptors (Lipinski definition) is 3. The lowest BCUT2D eigenvalue weighted by Gasteiger charge is -2.30. The number of aryl methyl sites for hydroxylation is 1. The number of fused-ring (bicyclic) bond motifs is 1. The van der Waals surface area contributed by atoms with E-state index in [1.165, 1.54) is 47.4 Å². The Kier molecular flexibility index (Phi) is 5.45. The van der Waals surface area contributed by atoms with Crippen molar-refractivity contribution in [3.63, 3.8) is 0 Å². The van der Waals surface area contributed by atoms with Crippen molar-refractivity contribution in [2.45, 2.75) is 17.7 Å². The minimum absolute atomic E-state index is 0.106. The van der Waals surface area contributed by atoms with Crippen molar-refractivity contribution in [1.29, 1.82) is 0 Å². The van der Waals surface area contributed by atoms with E-state index in [4.69, 9.17) is 0 Å². The average Bonchev–Trinajstić information content (AvgIpc) is 2.75. The standard InChI is InChI=1S/C22H17F3N2O3S/c23-16-5-3-14(4-6-16)22(28)27-11-1-2-15-12-18(8-10-21(15)27)31(29,30)26-20-9-7-17(24)13-19(20)25/h3-10,12-13,26H,1-2,11H2. The first-order valence-corrected chi connectivity index (χ1v) is 10.9. The number of nitrogens with zero attached hydrogens (tertiary/aromatic N) is 1. The van der Waals surface area contributed by atoms with Crippen LogP contribution in [0.25, 0.3) is 0 Å². The summed E-state index contributed by atoms with van der Waals surface area (Å²) in [6, 6.07) is 12.0. The Morgan fingerprint density at radius 2 is 1.61 bits per heavy atom. The number of sulfonamides is 1. The molecule has 160 valence electrons. The fourth-order valence-electron chi connectivity index (χ4n) is 3.48. The Morgan fingerprint density at radius 3 is 2.32 bits per heavy atom. The molecular formula is C22H17F3N2O3S. The van der Waals surface area contributed by atoms with Crippen LogP contribution < -0.4 is 9.62 Å². The Hall–Kier alpha value is -3.33. The normalized spacial score (nSPS) is 13.6. The fraction of sp³-hybridized carbons (Fsp3) is 0.136. The molecule has 1 heterocycles. The lowest BCUT2D eigenvalue weighted by atomic mass is 10.0. The van der Waals surface area contributed by atoms with Gasteiger partial charge in [-0.15, -0.1) is 0 Å². The van der Waals surface area contributed by atoms with E-state index in [9.17, 15) is 26.4 Å². The van der Waals surface area contributed by atoms with Crippen molar-refractivity contribution in [2.75, 3.05) is 16.2 Å². The zero-order chi connectivity index (χ0) is 22.2. The molecule has 0 fully saturated rings. The van der Waals surface area contributed by atoms with Crippen LogP contribution in [0.15, 0.2) is 65.6 Å². The predicted molar refractivity (Wildman–Crippen MR) is 110 cm³/mol. The molecule has 31 heavy (non-hydrogen) atoms. The molecule has 1 amide bonds. The minimum Gasteiger partial charge on any atom is -0.308 e. The SMILES string of the molecule is O=C(c1ccc(F)cc1)N1CCCc2cc(S(=O)(=O)Nc3ccc(F)cc3F)ccc21. The maximum absolute atomic E-state index is 13.9. The Labute approximate surface area is 177 Å². The summed E-state index contributed by atoms with van der Waals surface area (Å²) in [6.45, 7) is 0.439. The van der Waals surface area contributed by atoms with E-state index in [1.807, 2.05) is 0 Å². The maximum Gasteiger partial charge on any atom is 0.261 e. The summed E-state index contributed by atoms with van der Waals surface area (Å²) in [7, 11) is -4.13. The van der Waals surface area contributed by atoms with Gasteiger partial charge < -0.3 is 4.90 Å². The molecule has 0 spiro atoms. The molecule has 0 unspecified atom stereocenters. The zero-order valence-corrected chi connectivity index (χ0v) is 16.9. The van der Waals surface area contributed by atoms with Gasteiger partial charge in [0, 0.05) is 23.9 Å². The van der Waals surface area contributed by atoms with Crippen molar-refractivity contribution < 1.29 is 26.4 Å². The Bertz CT molecular complexity index is 1260. The zero-order valence-electron chi connectivity index (χ0n) is 16.1. The highest BCUT2D eigenvalue weighted by molar-refractivity contribution is 7.92. The maximum atomic E-state index is 13.9. The number of hydrogen-bond donors (Lipinski definition) is 1. The van der Waals surface area contributed by atoms with Crippen LogP contribution in [0.2, 0.25) is 0 Å². The van der Waals surface area contributed by atoms with Crippen LogP contribution in [-0.2, 0) is 16.4 Å². The van der Waals surface area contributed by atoms with Crippen LogP contribution in [0, 0.1) is 17.5 Å². The van der Waals surface area contributed by atoms with E-state index in [-0.39, 0.29) is 16.5 Å². The number of amides is 1. The lowest BCUT2D eigenvalue weighted by Crippen LogP contribution is -2.35. The first kappa shape index (κ1) is 20.9.